The summed E-state index contributed by atoms with van der Waals surface area (Å²) in [5.41, 5.74) is 5.63. The summed E-state index contributed by atoms with van der Waals surface area (Å²) in [6, 6.07) is -6.18. The van der Waals surface area contributed by atoms with E-state index in [1.165, 1.54) is 0 Å². The summed E-state index contributed by atoms with van der Waals surface area (Å²) in [5.74, 6) is -9.15. The summed E-state index contributed by atoms with van der Waals surface area (Å²) in [5, 5.41) is 41.9. The van der Waals surface area contributed by atoms with Crippen molar-refractivity contribution in [1.29, 1.82) is 0 Å². The normalized spacial score (nSPS) is 14.2. The summed E-state index contributed by atoms with van der Waals surface area (Å²) in [7, 11) is 0. The minimum Gasteiger partial charge on any atom is -0.481 e. The van der Waals surface area contributed by atoms with Gasteiger partial charge in [-0.15, -0.1) is 0 Å². The quantitative estimate of drug-likeness (QED) is 0.114. The van der Waals surface area contributed by atoms with Gasteiger partial charge in [-0.2, -0.15) is 0 Å². The topological polar surface area (TPSA) is 263 Å². The zero-order valence-electron chi connectivity index (χ0n) is 18.6. The van der Waals surface area contributed by atoms with E-state index < -0.39 is 85.0 Å². The molecule has 3 amide bonds. The van der Waals surface area contributed by atoms with E-state index in [0.29, 0.717) is 0 Å². The number of carbonyl (C=O) groups is 7. The highest BCUT2D eigenvalue weighted by Crippen LogP contribution is 2.08. The number of nitrogens with two attached hydrogens (primary N) is 1. The molecule has 0 aliphatic heterocycles. The molecule has 0 aromatic rings. The van der Waals surface area contributed by atoms with E-state index in [1.807, 2.05) is 5.32 Å². The Bertz CT molecular complexity index is 799. The highest BCUT2D eigenvalue weighted by atomic mass is 16.4. The second kappa shape index (κ2) is 14.4. The maximum Gasteiger partial charge on any atom is 0.326 e. The van der Waals surface area contributed by atoms with Crippen molar-refractivity contribution >= 4 is 41.6 Å². The SMILES string of the molecule is CC(C)CC(NC(=O)C(N)CCC(=O)O)C(=O)NC(CC(=O)O)C(=O)NC(CC(=O)O)C(=O)O. The molecule has 0 saturated carbocycles. The van der Waals surface area contributed by atoms with Gasteiger partial charge in [-0.3, -0.25) is 28.8 Å². The first-order valence-electron chi connectivity index (χ1n) is 10.2. The predicted octanol–water partition coefficient (Wildman–Crippen LogP) is -2.29. The van der Waals surface area contributed by atoms with Crippen LogP contribution >= 0.6 is 0 Å². The third kappa shape index (κ3) is 12.3. The molecular weight excluding hydrogens is 460 g/mol. The molecule has 15 heteroatoms. The van der Waals surface area contributed by atoms with Crippen LogP contribution < -0.4 is 21.7 Å². The van der Waals surface area contributed by atoms with E-state index in [-0.39, 0.29) is 18.8 Å². The van der Waals surface area contributed by atoms with E-state index in [4.69, 9.17) is 26.2 Å². The zero-order valence-corrected chi connectivity index (χ0v) is 18.6. The molecule has 0 spiro atoms. The molecule has 0 bridgehead atoms. The van der Waals surface area contributed by atoms with Crippen LogP contribution in [0.4, 0.5) is 0 Å². The van der Waals surface area contributed by atoms with Crippen LogP contribution in [0.5, 0.6) is 0 Å². The molecule has 4 unspecified atom stereocenters. The Balaban J connectivity index is 5.52. The van der Waals surface area contributed by atoms with Gasteiger partial charge < -0.3 is 42.1 Å². The van der Waals surface area contributed by atoms with Gasteiger partial charge in [0.15, 0.2) is 0 Å². The van der Waals surface area contributed by atoms with Crippen LogP contribution in [0.2, 0.25) is 0 Å². The Labute approximate surface area is 194 Å². The molecule has 0 rings (SSSR count). The van der Waals surface area contributed by atoms with Crippen LogP contribution in [0.3, 0.4) is 0 Å². The molecule has 0 radical (unpaired) electrons. The molecule has 9 N–H and O–H groups in total. The third-order valence-electron chi connectivity index (χ3n) is 4.35. The number of aliphatic carboxylic acids is 4. The Hall–Kier alpha value is -3.75. The summed E-state index contributed by atoms with van der Waals surface area (Å²) in [4.78, 5) is 81.2. The van der Waals surface area contributed by atoms with E-state index in [9.17, 15) is 33.6 Å². The third-order valence-corrected chi connectivity index (χ3v) is 4.35. The van der Waals surface area contributed by atoms with Gasteiger partial charge in [-0.05, 0) is 18.8 Å². The highest BCUT2D eigenvalue weighted by Gasteiger charge is 2.32. The smallest absolute Gasteiger partial charge is 0.326 e. The summed E-state index contributed by atoms with van der Waals surface area (Å²) < 4.78 is 0. The van der Waals surface area contributed by atoms with Gasteiger partial charge >= 0.3 is 23.9 Å². The zero-order chi connectivity index (χ0) is 26.6. The lowest BCUT2D eigenvalue weighted by molar-refractivity contribution is -0.148. The second-order valence-corrected chi connectivity index (χ2v) is 7.89. The minimum absolute atomic E-state index is 0.0431. The standard InChI is InChI=1S/C19H30N4O11/c1-8(2)5-10(21-16(30)9(20)3-4-13(24)25)17(31)22-11(6-14(26)27)18(32)23-12(19(33)34)7-15(28)29/h8-12H,3-7,20H2,1-2H3,(H,21,30)(H,22,31)(H,23,32)(H,24,25)(H,26,27)(H,28,29)(H,33,34). The van der Waals surface area contributed by atoms with Gasteiger partial charge in [0.25, 0.3) is 0 Å². The molecular formula is C19H30N4O11. The average molecular weight is 490 g/mol. The van der Waals surface area contributed by atoms with E-state index in [0.717, 1.165) is 0 Å². The first-order valence-corrected chi connectivity index (χ1v) is 10.2. The minimum atomic E-state index is -1.88. The molecule has 0 saturated heterocycles. The molecule has 0 aromatic carbocycles. The molecule has 0 fully saturated rings. The average Bonchev–Trinajstić information content (AvgIpc) is 2.68. The van der Waals surface area contributed by atoms with Crippen molar-refractivity contribution in [3.8, 4) is 0 Å². The lowest BCUT2D eigenvalue weighted by atomic mass is 10.0. The van der Waals surface area contributed by atoms with Gasteiger partial charge in [0, 0.05) is 6.42 Å². The molecule has 4 atom stereocenters. The maximum atomic E-state index is 12.8. The molecule has 34 heavy (non-hydrogen) atoms. The monoisotopic (exact) mass is 490 g/mol. The van der Waals surface area contributed by atoms with Crippen LogP contribution in [-0.2, 0) is 33.6 Å². The fourth-order valence-electron chi connectivity index (χ4n) is 2.69. The van der Waals surface area contributed by atoms with Crippen molar-refractivity contribution in [2.75, 3.05) is 0 Å². The second-order valence-electron chi connectivity index (χ2n) is 7.89. The number of carboxylic acid groups (broad SMARTS) is 4. The largest absolute Gasteiger partial charge is 0.481 e. The van der Waals surface area contributed by atoms with Gasteiger partial charge in [0.2, 0.25) is 17.7 Å². The summed E-state index contributed by atoms with van der Waals surface area (Å²) in [6.07, 6.45) is -2.51. The Morgan fingerprint density at radius 1 is 0.676 bits per heavy atom. The highest BCUT2D eigenvalue weighted by molar-refractivity contribution is 5.96. The summed E-state index contributed by atoms with van der Waals surface area (Å²) in [6.45, 7) is 3.42. The number of rotatable bonds is 16. The first kappa shape index (κ1) is 30.2. The van der Waals surface area contributed by atoms with Crippen LogP contribution in [0.15, 0.2) is 0 Å². The van der Waals surface area contributed by atoms with Crippen LogP contribution in [0, 0.1) is 5.92 Å². The summed E-state index contributed by atoms with van der Waals surface area (Å²) >= 11 is 0. The molecule has 0 aliphatic rings. The number of carboxylic acids is 4. The molecule has 15 nitrogen and oxygen atoms in total. The Kier molecular flexibility index (Phi) is 12.8. The van der Waals surface area contributed by atoms with E-state index in [2.05, 4.69) is 10.6 Å². The lowest BCUT2D eigenvalue weighted by Crippen LogP contribution is -2.57. The first-order chi connectivity index (χ1) is 15.6. The van der Waals surface area contributed by atoms with Crippen molar-refractivity contribution in [3.05, 3.63) is 0 Å². The van der Waals surface area contributed by atoms with Gasteiger partial charge in [0.1, 0.15) is 18.1 Å². The van der Waals surface area contributed by atoms with Crippen molar-refractivity contribution in [2.24, 2.45) is 11.7 Å². The molecule has 0 heterocycles. The van der Waals surface area contributed by atoms with Crippen LogP contribution in [-0.4, -0.2) is 86.2 Å². The van der Waals surface area contributed by atoms with Gasteiger partial charge in [-0.25, -0.2) is 4.79 Å². The van der Waals surface area contributed by atoms with E-state index in [1.54, 1.807) is 13.8 Å². The van der Waals surface area contributed by atoms with Gasteiger partial charge in [0.05, 0.1) is 18.9 Å². The van der Waals surface area contributed by atoms with Crippen molar-refractivity contribution in [3.63, 3.8) is 0 Å². The van der Waals surface area contributed by atoms with Crippen LogP contribution in [0.25, 0.3) is 0 Å². The number of hydrogen-bond donors (Lipinski definition) is 8. The van der Waals surface area contributed by atoms with Crippen molar-refractivity contribution in [2.45, 2.75) is 70.1 Å². The number of nitrogens with one attached hydrogen (secondary N) is 3. The van der Waals surface area contributed by atoms with Crippen LogP contribution in [0.1, 0.15) is 46.0 Å². The number of hydrogen-bond acceptors (Lipinski definition) is 8. The van der Waals surface area contributed by atoms with E-state index >= 15 is 0 Å². The van der Waals surface area contributed by atoms with Crippen molar-refractivity contribution < 1.29 is 54.0 Å². The van der Waals surface area contributed by atoms with Gasteiger partial charge in [-0.1, -0.05) is 13.8 Å². The van der Waals surface area contributed by atoms with Crippen molar-refractivity contribution in [1.82, 2.24) is 16.0 Å². The molecule has 0 aromatic heterocycles. The Morgan fingerprint density at radius 2 is 1.12 bits per heavy atom. The lowest BCUT2D eigenvalue weighted by Gasteiger charge is -2.25. The molecule has 0 aliphatic carbocycles. The number of amides is 3. The number of carbonyl (C=O) groups excluding carboxylic acids is 3. The Morgan fingerprint density at radius 3 is 1.56 bits per heavy atom. The molecule has 192 valence electrons. The fraction of sp³-hybridized carbons (Fsp3) is 0.632. The fourth-order valence-corrected chi connectivity index (χ4v) is 2.69. The predicted molar refractivity (Wildman–Crippen MR) is 112 cm³/mol. The maximum absolute atomic E-state index is 12.8.